The molecular weight excluding hydrogens is 208 g/mol. The van der Waals surface area contributed by atoms with Gasteiger partial charge in [-0.3, -0.25) is 9.69 Å². The number of carbonyl (C=O) groups is 2. The molecule has 0 aromatic carbocycles. The number of nitrogens with zero attached hydrogens (tertiary/aromatic N) is 1. The van der Waals surface area contributed by atoms with Crippen molar-refractivity contribution in [3.05, 3.63) is 11.8 Å². The number of hydrogen-bond donors (Lipinski definition) is 1. The molecule has 0 bridgehead atoms. The van der Waals surface area contributed by atoms with Crippen molar-refractivity contribution in [2.24, 2.45) is 0 Å². The third-order valence-electron chi connectivity index (χ3n) is 2.35. The molecule has 0 aliphatic carbocycles. The first-order chi connectivity index (χ1) is 7.35. The molecule has 5 nitrogen and oxygen atoms in total. The number of amides is 2. The molecule has 90 valence electrons. The second-order valence-electron chi connectivity index (χ2n) is 4.44. The van der Waals surface area contributed by atoms with E-state index in [1.165, 1.54) is 11.0 Å². The highest BCUT2D eigenvalue weighted by molar-refractivity contribution is 5.90. The van der Waals surface area contributed by atoms with E-state index in [1.807, 2.05) is 13.8 Å². The molecule has 0 saturated carbocycles. The van der Waals surface area contributed by atoms with Crippen LogP contribution in [-0.2, 0) is 9.53 Å². The number of carbonyl (C=O) groups excluding carboxylic acids is 2. The van der Waals surface area contributed by atoms with E-state index in [1.54, 1.807) is 14.0 Å². The monoisotopic (exact) mass is 226 g/mol. The molecule has 1 N–H and O–H groups in total. The highest BCUT2D eigenvalue weighted by Gasteiger charge is 2.29. The largest absolute Gasteiger partial charge is 0.449 e. The summed E-state index contributed by atoms with van der Waals surface area (Å²) in [5.41, 5.74) is 0.342. The first-order valence-corrected chi connectivity index (χ1v) is 5.29. The molecule has 1 aliphatic heterocycles. The molecular formula is C11H18N2O3. The molecule has 1 aliphatic rings. The van der Waals surface area contributed by atoms with Gasteiger partial charge in [0.25, 0.3) is 0 Å². The predicted molar refractivity (Wildman–Crippen MR) is 59.7 cm³/mol. The first-order valence-electron chi connectivity index (χ1n) is 5.29. The van der Waals surface area contributed by atoms with Gasteiger partial charge < -0.3 is 10.1 Å². The highest BCUT2D eigenvalue weighted by atomic mass is 16.6. The fourth-order valence-corrected chi connectivity index (χ4v) is 1.62. The minimum atomic E-state index is -0.431. The molecule has 5 heteroatoms. The van der Waals surface area contributed by atoms with Crippen LogP contribution < -0.4 is 5.32 Å². The average Bonchev–Trinajstić information content (AvgIpc) is 2.13. The van der Waals surface area contributed by atoms with Gasteiger partial charge in [0.2, 0.25) is 5.91 Å². The molecule has 0 radical (unpaired) electrons. The second-order valence-corrected chi connectivity index (χ2v) is 4.44. The number of hydrogen-bond acceptors (Lipinski definition) is 3. The van der Waals surface area contributed by atoms with Crippen molar-refractivity contribution >= 4 is 12.0 Å². The van der Waals surface area contributed by atoms with Crippen molar-refractivity contribution < 1.29 is 14.3 Å². The molecule has 0 aromatic rings. The van der Waals surface area contributed by atoms with Crippen molar-refractivity contribution in [2.45, 2.75) is 32.7 Å². The lowest BCUT2D eigenvalue weighted by Crippen LogP contribution is -2.48. The van der Waals surface area contributed by atoms with Gasteiger partial charge in [-0.05, 0) is 20.8 Å². The van der Waals surface area contributed by atoms with E-state index in [9.17, 15) is 9.59 Å². The van der Waals surface area contributed by atoms with Crippen LogP contribution in [0.4, 0.5) is 4.79 Å². The summed E-state index contributed by atoms with van der Waals surface area (Å²) in [5, 5.41) is 2.82. The van der Waals surface area contributed by atoms with Gasteiger partial charge in [0, 0.05) is 30.8 Å². The Labute approximate surface area is 95.4 Å². The maximum atomic E-state index is 11.5. The van der Waals surface area contributed by atoms with E-state index in [2.05, 4.69) is 5.32 Å². The lowest BCUT2D eigenvalue weighted by molar-refractivity contribution is -0.118. The number of nitrogens with one attached hydrogen (secondary N) is 1. The van der Waals surface area contributed by atoms with Gasteiger partial charge in [-0.15, -0.1) is 0 Å². The average molecular weight is 226 g/mol. The van der Waals surface area contributed by atoms with Crippen LogP contribution in [0, 0.1) is 0 Å². The second kappa shape index (κ2) is 4.55. The Morgan fingerprint density at radius 3 is 2.75 bits per heavy atom. The van der Waals surface area contributed by atoms with Crippen LogP contribution in [0.15, 0.2) is 11.8 Å². The first kappa shape index (κ1) is 12.5. The standard InChI is InChI=1S/C11H18N2O3/c1-5-16-10(15)13(4)8-6-9(14)12-11(2,3)7-8/h6H,5,7H2,1-4H3,(H,12,14). The van der Waals surface area contributed by atoms with Crippen molar-refractivity contribution in [3.8, 4) is 0 Å². The summed E-state index contributed by atoms with van der Waals surface area (Å²) in [6.45, 7) is 5.90. The van der Waals surface area contributed by atoms with Gasteiger partial charge in [-0.2, -0.15) is 0 Å². The molecule has 2 amide bonds. The van der Waals surface area contributed by atoms with Crippen LogP contribution in [-0.4, -0.2) is 36.1 Å². The Hall–Kier alpha value is -1.52. The SMILES string of the molecule is CCOC(=O)N(C)C1=CC(=O)NC(C)(C)C1. The Balaban J connectivity index is 2.80. The van der Waals surface area contributed by atoms with Crippen LogP contribution >= 0.6 is 0 Å². The van der Waals surface area contributed by atoms with E-state index in [-0.39, 0.29) is 11.4 Å². The van der Waals surface area contributed by atoms with E-state index in [0.29, 0.717) is 18.7 Å². The lowest BCUT2D eigenvalue weighted by Gasteiger charge is -2.33. The summed E-state index contributed by atoms with van der Waals surface area (Å²) >= 11 is 0. The maximum Gasteiger partial charge on any atom is 0.413 e. The Kier molecular flexibility index (Phi) is 3.57. The zero-order valence-electron chi connectivity index (χ0n) is 10.2. The normalized spacial score (nSPS) is 18.5. The zero-order chi connectivity index (χ0) is 12.3. The topological polar surface area (TPSA) is 58.6 Å². The number of ether oxygens (including phenoxy) is 1. The molecule has 0 spiro atoms. The zero-order valence-corrected chi connectivity index (χ0v) is 10.2. The fourth-order valence-electron chi connectivity index (χ4n) is 1.62. The van der Waals surface area contributed by atoms with Crippen molar-refractivity contribution in [1.82, 2.24) is 10.2 Å². The van der Waals surface area contributed by atoms with Crippen LogP contribution in [0.25, 0.3) is 0 Å². The summed E-state index contributed by atoms with van der Waals surface area (Å²) in [6, 6.07) is 0. The van der Waals surface area contributed by atoms with E-state index in [0.717, 1.165) is 0 Å². The predicted octanol–water partition coefficient (Wildman–Crippen LogP) is 1.26. The van der Waals surface area contributed by atoms with Crippen LogP contribution in [0.3, 0.4) is 0 Å². The van der Waals surface area contributed by atoms with Gasteiger partial charge in [-0.25, -0.2) is 4.79 Å². The van der Waals surface area contributed by atoms with Crippen LogP contribution in [0.5, 0.6) is 0 Å². The molecule has 1 heterocycles. The summed E-state index contributed by atoms with van der Waals surface area (Å²) in [5.74, 6) is -0.178. The summed E-state index contributed by atoms with van der Waals surface area (Å²) in [4.78, 5) is 24.3. The van der Waals surface area contributed by atoms with Gasteiger partial charge in [0.1, 0.15) is 0 Å². The van der Waals surface area contributed by atoms with E-state index in [4.69, 9.17) is 4.74 Å². The smallest absolute Gasteiger partial charge is 0.413 e. The minimum absolute atomic E-state index is 0.178. The molecule has 0 unspecified atom stereocenters. The fraction of sp³-hybridized carbons (Fsp3) is 0.636. The Morgan fingerprint density at radius 1 is 1.62 bits per heavy atom. The van der Waals surface area contributed by atoms with Gasteiger partial charge in [0.05, 0.1) is 6.61 Å². The molecule has 0 aromatic heterocycles. The van der Waals surface area contributed by atoms with E-state index >= 15 is 0 Å². The Bertz CT molecular complexity index is 334. The lowest BCUT2D eigenvalue weighted by atomic mass is 9.94. The van der Waals surface area contributed by atoms with Gasteiger partial charge in [-0.1, -0.05) is 0 Å². The summed E-state index contributed by atoms with van der Waals surface area (Å²) in [6.07, 6.45) is 1.61. The third-order valence-corrected chi connectivity index (χ3v) is 2.35. The van der Waals surface area contributed by atoms with Crippen LogP contribution in [0.2, 0.25) is 0 Å². The summed E-state index contributed by atoms with van der Waals surface area (Å²) in [7, 11) is 1.61. The summed E-state index contributed by atoms with van der Waals surface area (Å²) < 4.78 is 4.87. The molecule has 1 rings (SSSR count). The van der Waals surface area contributed by atoms with Gasteiger partial charge in [0.15, 0.2) is 0 Å². The van der Waals surface area contributed by atoms with Crippen molar-refractivity contribution in [3.63, 3.8) is 0 Å². The van der Waals surface area contributed by atoms with Gasteiger partial charge >= 0.3 is 6.09 Å². The highest BCUT2D eigenvalue weighted by Crippen LogP contribution is 2.22. The molecule has 0 fully saturated rings. The quantitative estimate of drug-likeness (QED) is 0.771. The molecule has 16 heavy (non-hydrogen) atoms. The minimum Gasteiger partial charge on any atom is -0.449 e. The van der Waals surface area contributed by atoms with Crippen molar-refractivity contribution in [2.75, 3.05) is 13.7 Å². The van der Waals surface area contributed by atoms with Crippen LogP contribution in [0.1, 0.15) is 27.2 Å². The molecule has 0 saturated heterocycles. The Morgan fingerprint density at radius 2 is 2.25 bits per heavy atom. The van der Waals surface area contributed by atoms with E-state index < -0.39 is 6.09 Å². The maximum absolute atomic E-state index is 11.5. The third kappa shape index (κ3) is 2.98. The number of rotatable bonds is 2. The van der Waals surface area contributed by atoms with Crippen molar-refractivity contribution in [1.29, 1.82) is 0 Å². The molecule has 0 atom stereocenters.